The molecule has 0 fully saturated rings. The molecule has 0 aliphatic heterocycles. The molecule has 0 spiro atoms. The Morgan fingerprint density at radius 3 is 2.22 bits per heavy atom. The highest BCUT2D eigenvalue weighted by molar-refractivity contribution is 7.92. The Morgan fingerprint density at radius 1 is 1.06 bits per heavy atom. The van der Waals surface area contributed by atoms with E-state index in [2.05, 4.69) is 5.32 Å². The number of hydrogen-bond acceptors (Lipinski definition) is 5. The first-order valence-corrected chi connectivity index (χ1v) is 12.2. The van der Waals surface area contributed by atoms with Gasteiger partial charge in [0, 0.05) is 13.1 Å². The first kappa shape index (κ1) is 25.2. The average Bonchev–Trinajstić information content (AvgIpc) is 2.78. The number of anilines is 1. The zero-order valence-electron chi connectivity index (χ0n) is 18.9. The van der Waals surface area contributed by atoms with Crippen molar-refractivity contribution < 1.29 is 22.7 Å². The van der Waals surface area contributed by atoms with E-state index in [0.29, 0.717) is 18.0 Å². The highest BCUT2D eigenvalue weighted by Crippen LogP contribution is 2.22. The molecule has 8 nitrogen and oxygen atoms in total. The third-order valence-corrected chi connectivity index (χ3v) is 6.09. The highest BCUT2D eigenvalue weighted by Gasteiger charge is 2.29. The number of carbonyl (C=O) groups excluding carboxylic acids is 2. The van der Waals surface area contributed by atoms with Crippen molar-refractivity contribution in [1.29, 1.82) is 0 Å². The number of benzene rings is 2. The fourth-order valence-corrected chi connectivity index (χ4v) is 3.97. The Labute approximate surface area is 190 Å². The van der Waals surface area contributed by atoms with Crippen LogP contribution in [0.25, 0.3) is 0 Å². The summed E-state index contributed by atoms with van der Waals surface area (Å²) in [6, 6.07) is 14.9. The van der Waals surface area contributed by atoms with Gasteiger partial charge in [0.05, 0.1) is 19.1 Å². The molecule has 1 N–H and O–H groups in total. The lowest BCUT2D eigenvalue weighted by Crippen LogP contribution is -2.51. The summed E-state index contributed by atoms with van der Waals surface area (Å²) >= 11 is 0. The zero-order valence-corrected chi connectivity index (χ0v) is 19.8. The molecule has 9 heteroatoms. The molecule has 2 aromatic carbocycles. The maximum absolute atomic E-state index is 13.3. The van der Waals surface area contributed by atoms with Crippen LogP contribution in [0.1, 0.15) is 25.8 Å². The van der Waals surface area contributed by atoms with Crippen LogP contribution in [0.15, 0.2) is 54.6 Å². The maximum atomic E-state index is 13.3. The van der Waals surface area contributed by atoms with Crippen LogP contribution in [-0.2, 0) is 26.2 Å². The minimum absolute atomic E-state index is 0.181. The number of nitrogens with zero attached hydrogens (tertiary/aromatic N) is 2. The molecule has 0 aliphatic carbocycles. The molecule has 0 aromatic heterocycles. The van der Waals surface area contributed by atoms with Gasteiger partial charge in [-0.25, -0.2) is 8.42 Å². The molecular formula is C23H31N3O5S. The van der Waals surface area contributed by atoms with Crippen LogP contribution in [0, 0.1) is 0 Å². The van der Waals surface area contributed by atoms with Crippen molar-refractivity contribution in [3.05, 3.63) is 60.2 Å². The van der Waals surface area contributed by atoms with E-state index in [1.807, 2.05) is 37.3 Å². The number of carbonyl (C=O) groups is 2. The molecule has 174 valence electrons. The Bertz CT molecular complexity index is 994. The molecule has 2 aromatic rings. The smallest absolute Gasteiger partial charge is 0.244 e. The Kier molecular flexibility index (Phi) is 9.07. The summed E-state index contributed by atoms with van der Waals surface area (Å²) in [6.07, 6.45) is 1.81. The van der Waals surface area contributed by atoms with Crippen LogP contribution in [0.2, 0.25) is 0 Å². The largest absolute Gasteiger partial charge is 0.497 e. The highest BCUT2D eigenvalue weighted by atomic mass is 32.2. The van der Waals surface area contributed by atoms with E-state index in [0.717, 1.165) is 22.5 Å². The lowest BCUT2D eigenvalue weighted by Gasteiger charge is -2.31. The van der Waals surface area contributed by atoms with Gasteiger partial charge in [0.25, 0.3) is 0 Å². The third-order valence-electron chi connectivity index (χ3n) is 4.95. The van der Waals surface area contributed by atoms with Crippen molar-refractivity contribution >= 4 is 27.5 Å². The van der Waals surface area contributed by atoms with Crippen molar-refractivity contribution in [2.75, 3.05) is 30.8 Å². The van der Waals surface area contributed by atoms with Crippen molar-refractivity contribution in [3.8, 4) is 5.75 Å². The van der Waals surface area contributed by atoms with Gasteiger partial charge < -0.3 is 15.0 Å². The molecule has 1 atom stereocenters. The molecule has 0 saturated heterocycles. The van der Waals surface area contributed by atoms with Gasteiger partial charge in [0.15, 0.2) is 0 Å². The van der Waals surface area contributed by atoms with E-state index < -0.39 is 28.5 Å². The molecule has 0 saturated carbocycles. The summed E-state index contributed by atoms with van der Waals surface area (Å²) in [5.74, 6) is -0.193. The number of methoxy groups -OCH3 is 1. The van der Waals surface area contributed by atoms with Crippen LogP contribution < -0.4 is 14.4 Å². The van der Waals surface area contributed by atoms with Gasteiger partial charge in [0.1, 0.15) is 18.3 Å². The van der Waals surface area contributed by atoms with Gasteiger partial charge in [-0.3, -0.25) is 13.9 Å². The van der Waals surface area contributed by atoms with Gasteiger partial charge in [0.2, 0.25) is 21.8 Å². The third kappa shape index (κ3) is 6.98. The molecule has 0 radical (unpaired) electrons. The van der Waals surface area contributed by atoms with Crippen molar-refractivity contribution in [2.24, 2.45) is 0 Å². The van der Waals surface area contributed by atoms with E-state index in [9.17, 15) is 18.0 Å². The fourth-order valence-electron chi connectivity index (χ4n) is 3.12. The summed E-state index contributed by atoms with van der Waals surface area (Å²) < 4.78 is 31.1. The fraction of sp³-hybridized carbons (Fsp3) is 0.391. The van der Waals surface area contributed by atoms with Gasteiger partial charge in [-0.1, -0.05) is 37.3 Å². The maximum Gasteiger partial charge on any atom is 0.244 e. The molecule has 0 heterocycles. The van der Waals surface area contributed by atoms with Crippen LogP contribution in [0.4, 0.5) is 5.69 Å². The van der Waals surface area contributed by atoms with E-state index in [1.165, 1.54) is 12.0 Å². The van der Waals surface area contributed by atoms with Crippen LogP contribution in [0.5, 0.6) is 5.75 Å². The Morgan fingerprint density at radius 2 is 1.69 bits per heavy atom. The Hall–Kier alpha value is -3.07. The standard InChI is InChI=1S/C23H31N3O5S/c1-5-15-24-23(28)18(2)25(16-19-9-7-6-8-10-19)22(27)17-26(32(4,29)30)20-11-13-21(31-3)14-12-20/h6-14,18H,5,15-17H2,1-4H3,(H,24,28)/t18-/m0/s1. The first-order valence-electron chi connectivity index (χ1n) is 10.4. The summed E-state index contributed by atoms with van der Waals surface area (Å²) in [5.41, 5.74) is 1.18. The summed E-state index contributed by atoms with van der Waals surface area (Å²) in [7, 11) is -2.24. The minimum Gasteiger partial charge on any atom is -0.497 e. The first-order chi connectivity index (χ1) is 15.2. The quantitative estimate of drug-likeness (QED) is 0.554. The van der Waals surface area contributed by atoms with Gasteiger partial charge in [-0.15, -0.1) is 0 Å². The molecule has 0 aliphatic rings. The van der Waals surface area contributed by atoms with Gasteiger partial charge in [-0.2, -0.15) is 0 Å². The number of ether oxygens (including phenoxy) is 1. The summed E-state index contributed by atoms with van der Waals surface area (Å²) in [5, 5.41) is 2.80. The second-order valence-corrected chi connectivity index (χ2v) is 9.35. The van der Waals surface area contributed by atoms with Crippen LogP contribution >= 0.6 is 0 Å². The predicted molar refractivity (Wildman–Crippen MR) is 125 cm³/mol. The van der Waals surface area contributed by atoms with Crippen LogP contribution in [-0.4, -0.2) is 57.6 Å². The number of sulfonamides is 1. The monoisotopic (exact) mass is 461 g/mol. The number of hydrogen-bond donors (Lipinski definition) is 1. The van der Waals surface area contributed by atoms with Crippen LogP contribution in [0.3, 0.4) is 0 Å². The summed E-state index contributed by atoms with van der Waals surface area (Å²) in [4.78, 5) is 27.4. The molecule has 0 unspecified atom stereocenters. The van der Waals surface area contributed by atoms with Gasteiger partial charge in [-0.05, 0) is 43.2 Å². The molecule has 0 bridgehead atoms. The predicted octanol–water partition coefficient (Wildman–Crippen LogP) is 2.40. The topological polar surface area (TPSA) is 96.0 Å². The second kappa shape index (κ2) is 11.5. The SMILES string of the molecule is CCCNC(=O)[C@H](C)N(Cc1ccccc1)C(=O)CN(c1ccc(OC)cc1)S(C)(=O)=O. The van der Waals surface area contributed by atoms with E-state index in [1.54, 1.807) is 31.2 Å². The van der Waals surface area contributed by atoms with E-state index in [4.69, 9.17) is 4.74 Å². The molecule has 2 amide bonds. The zero-order chi connectivity index (χ0) is 23.7. The van der Waals surface area contributed by atoms with Crippen molar-refractivity contribution in [1.82, 2.24) is 10.2 Å². The number of rotatable bonds is 11. The second-order valence-electron chi connectivity index (χ2n) is 7.44. The molecular weight excluding hydrogens is 430 g/mol. The van der Waals surface area contributed by atoms with E-state index >= 15 is 0 Å². The normalized spacial score (nSPS) is 12.0. The average molecular weight is 462 g/mol. The Balaban J connectivity index is 2.33. The number of nitrogens with one attached hydrogen (secondary N) is 1. The number of amides is 2. The minimum atomic E-state index is -3.75. The van der Waals surface area contributed by atoms with Gasteiger partial charge >= 0.3 is 0 Å². The molecule has 32 heavy (non-hydrogen) atoms. The van der Waals surface area contributed by atoms with Crippen molar-refractivity contribution in [3.63, 3.8) is 0 Å². The lowest BCUT2D eigenvalue weighted by atomic mass is 10.1. The molecule has 2 rings (SSSR count). The lowest BCUT2D eigenvalue weighted by molar-refractivity contribution is -0.139. The summed E-state index contributed by atoms with van der Waals surface area (Å²) in [6.45, 7) is 3.84. The van der Waals surface area contributed by atoms with E-state index in [-0.39, 0.29) is 12.5 Å². The van der Waals surface area contributed by atoms with Crippen molar-refractivity contribution in [2.45, 2.75) is 32.9 Å².